The van der Waals surface area contributed by atoms with Crippen molar-refractivity contribution in [3.8, 4) is 0 Å². The number of carbonyl (C=O) groups is 1. The van der Waals surface area contributed by atoms with E-state index >= 15 is 0 Å². The highest BCUT2D eigenvalue weighted by Crippen LogP contribution is 2.22. The van der Waals surface area contributed by atoms with Crippen molar-refractivity contribution in [1.29, 1.82) is 0 Å². The van der Waals surface area contributed by atoms with Gasteiger partial charge in [-0.05, 0) is 55.9 Å². The molecule has 36 heavy (non-hydrogen) atoms. The Balaban J connectivity index is 1.52. The summed E-state index contributed by atoms with van der Waals surface area (Å²) in [6.45, 7) is 6.85. The lowest BCUT2D eigenvalue weighted by Gasteiger charge is -2.32. The summed E-state index contributed by atoms with van der Waals surface area (Å²) in [6, 6.07) is 11.4. The Morgan fingerprint density at radius 3 is 2.56 bits per heavy atom. The molecule has 1 N–H and O–H groups in total. The number of carboxylic acid groups (broad SMARTS) is 1. The molecule has 3 aromatic rings. The Morgan fingerprint density at radius 2 is 1.86 bits per heavy atom. The van der Waals surface area contributed by atoms with Gasteiger partial charge >= 0.3 is 11.8 Å². The molecule has 0 aliphatic carbocycles. The van der Waals surface area contributed by atoms with E-state index in [0.29, 0.717) is 35.3 Å². The topological polar surface area (TPSA) is 116 Å². The highest BCUT2D eigenvalue weighted by molar-refractivity contribution is 7.91. The third-order valence-corrected chi connectivity index (χ3v) is 8.36. The number of piperazine rings is 1. The van der Waals surface area contributed by atoms with E-state index in [1.165, 1.54) is 27.7 Å². The molecule has 10 nitrogen and oxygen atoms in total. The Kier molecular flexibility index (Phi) is 7.82. The molecule has 1 saturated heterocycles. The van der Waals surface area contributed by atoms with E-state index in [1.54, 1.807) is 31.2 Å². The van der Waals surface area contributed by atoms with E-state index in [4.69, 9.17) is 4.42 Å². The first-order chi connectivity index (χ1) is 17.2. The van der Waals surface area contributed by atoms with Gasteiger partial charge in [-0.1, -0.05) is 19.1 Å². The van der Waals surface area contributed by atoms with Crippen molar-refractivity contribution in [2.75, 3.05) is 57.0 Å². The van der Waals surface area contributed by atoms with E-state index < -0.39 is 21.7 Å². The van der Waals surface area contributed by atoms with Crippen molar-refractivity contribution < 1.29 is 22.7 Å². The van der Waals surface area contributed by atoms with Gasteiger partial charge in [-0.3, -0.25) is 9.47 Å². The monoisotopic (exact) mass is 516 g/mol. The van der Waals surface area contributed by atoms with Crippen molar-refractivity contribution in [3.63, 3.8) is 0 Å². The van der Waals surface area contributed by atoms with Crippen LogP contribution in [0.5, 0.6) is 0 Å². The average Bonchev–Trinajstić information content (AvgIpc) is 3.17. The van der Waals surface area contributed by atoms with Crippen LogP contribution in [0.25, 0.3) is 11.1 Å². The van der Waals surface area contributed by atoms with Gasteiger partial charge in [0.1, 0.15) is 0 Å². The summed E-state index contributed by atoms with van der Waals surface area (Å²) in [5.41, 5.74) is 1.89. The fourth-order valence-electron chi connectivity index (χ4n) is 4.42. The zero-order valence-electron chi connectivity index (χ0n) is 20.6. The molecule has 1 amide bonds. The molecule has 1 aliphatic heterocycles. The number of fused-ring (bicyclic) bond motifs is 1. The molecule has 11 heteroatoms. The molecule has 0 atom stereocenters. The molecule has 2 aromatic carbocycles. The van der Waals surface area contributed by atoms with Gasteiger partial charge in [0, 0.05) is 38.4 Å². The number of aromatic nitrogens is 1. The van der Waals surface area contributed by atoms with Crippen LogP contribution in [0.4, 0.5) is 10.5 Å². The van der Waals surface area contributed by atoms with Gasteiger partial charge in [0.25, 0.3) is 0 Å². The van der Waals surface area contributed by atoms with Crippen LogP contribution in [0.1, 0.15) is 18.9 Å². The normalized spacial score (nSPS) is 15.4. The van der Waals surface area contributed by atoms with Crippen LogP contribution in [0, 0.1) is 0 Å². The molecule has 0 unspecified atom stereocenters. The number of benzene rings is 2. The SMILES string of the molecule is CCS(=O)(=O)c1ccc2oc(=O)n(Cc3cccc(N(CCCN4CCN(C)CC4)C(=O)O)c3)c2c1. The molecule has 0 saturated carbocycles. The predicted octanol–water partition coefficient (Wildman–Crippen LogP) is 2.56. The molecule has 1 fully saturated rings. The maximum absolute atomic E-state index is 12.5. The zero-order chi connectivity index (χ0) is 25.9. The number of hydrogen-bond donors (Lipinski definition) is 1. The molecule has 0 spiro atoms. The van der Waals surface area contributed by atoms with E-state index in [9.17, 15) is 23.1 Å². The van der Waals surface area contributed by atoms with E-state index in [2.05, 4.69) is 16.8 Å². The van der Waals surface area contributed by atoms with Gasteiger partial charge in [-0.15, -0.1) is 0 Å². The summed E-state index contributed by atoms with van der Waals surface area (Å²) in [5, 5.41) is 9.84. The summed E-state index contributed by atoms with van der Waals surface area (Å²) in [4.78, 5) is 30.6. The van der Waals surface area contributed by atoms with Gasteiger partial charge in [0.2, 0.25) is 0 Å². The first-order valence-corrected chi connectivity index (χ1v) is 13.7. The highest BCUT2D eigenvalue weighted by Gasteiger charge is 2.19. The molecular weight excluding hydrogens is 484 g/mol. The summed E-state index contributed by atoms with van der Waals surface area (Å²) >= 11 is 0. The van der Waals surface area contributed by atoms with Gasteiger partial charge in [0.05, 0.1) is 22.7 Å². The van der Waals surface area contributed by atoms with Gasteiger partial charge in [-0.25, -0.2) is 18.0 Å². The van der Waals surface area contributed by atoms with Crippen molar-refractivity contribution in [1.82, 2.24) is 14.4 Å². The lowest BCUT2D eigenvalue weighted by molar-refractivity contribution is 0.153. The first kappa shape index (κ1) is 25.9. The fraction of sp³-hybridized carbons (Fsp3) is 0.440. The van der Waals surface area contributed by atoms with Crippen molar-refractivity contribution in [3.05, 3.63) is 58.6 Å². The van der Waals surface area contributed by atoms with Crippen LogP contribution < -0.4 is 10.7 Å². The second-order valence-corrected chi connectivity index (χ2v) is 11.4. The smallest absolute Gasteiger partial charge is 0.420 e. The lowest BCUT2D eigenvalue weighted by atomic mass is 10.1. The summed E-state index contributed by atoms with van der Waals surface area (Å²) in [6.07, 6.45) is -0.327. The number of likely N-dealkylation sites (N-methyl/N-ethyl adjacent to an activating group) is 1. The van der Waals surface area contributed by atoms with Gasteiger partial charge in [0.15, 0.2) is 15.4 Å². The summed E-state index contributed by atoms with van der Waals surface area (Å²) in [7, 11) is -1.35. The third kappa shape index (κ3) is 5.80. The number of anilines is 1. The van der Waals surface area contributed by atoms with Crippen LogP contribution in [0.3, 0.4) is 0 Å². The zero-order valence-corrected chi connectivity index (χ0v) is 21.4. The number of rotatable bonds is 9. The standard InChI is InChI=1S/C25H32N4O6S/c1-3-36(33,34)21-8-9-23-22(17-21)29(25(32)35-23)18-19-6-4-7-20(16-19)28(24(30)31)11-5-10-27-14-12-26(2)13-15-27/h4,6-9,16-17H,3,5,10-15,18H2,1-2H3,(H,30,31). The number of oxazole rings is 1. The Morgan fingerprint density at radius 1 is 1.11 bits per heavy atom. The quantitative estimate of drug-likeness (QED) is 0.461. The molecule has 1 aromatic heterocycles. The molecule has 0 bridgehead atoms. The minimum Gasteiger partial charge on any atom is -0.465 e. The summed E-state index contributed by atoms with van der Waals surface area (Å²) < 4.78 is 31.3. The molecule has 4 rings (SSSR count). The van der Waals surface area contributed by atoms with Gasteiger partial charge in [-0.2, -0.15) is 0 Å². The van der Waals surface area contributed by atoms with Gasteiger partial charge < -0.3 is 19.3 Å². The minimum atomic E-state index is -3.45. The van der Waals surface area contributed by atoms with E-state index in [1.807, 2.05) is 0 Å². The van der Waals surface area contributed by atoms with E-state index in [-0.39, 0.29) is 17.2 Å². The Hall–Kier alpha value is -3.15. The largest absolute Gasteiger partial charge is 0.465 e. The number of hydrogen-bond acceptors (Lipinski definition) is 7. The molecule has 1 aliphatic rings. The maximum atomic E-state index is 12.5. The highest BCUT2D eigenvalue weighted by atomic mass is 32.2. The van der Waals surface area contributed by atoms with Crippen LogP contribution in [0.2, 0.25) is 0 Å². The van der Waals surface area contributed by atoms with E-state index in [0.717, 1.165) is 32.7 Å². The molecular formula is C25H32N4O6S. The number of sulfone groups is 1. The van der Waals surface area contributed by atoms with Crippen molar-refractivity contribution in [2.45, 2.75) is 24.8 Å². The first-order valence-electron chi connectivity index (χ1n) is 12.0. The number of nitrogens with zero attached hydrogens (tertiary/aromatic N) is 4. The molecule has 2 heterocycles. The van der Waals surface area contributed by atoms with Crippen molar-refractivity contribution >= 4 is 32.7 Å². The maximum Gasteiger partial charge on any atom is 0.420 e. The third-order valence-electron chi connectivity index (χ3n) is 6.62. The molecule has 194 valence electrons. The predicted molar refractivity (Wildman–Crippen MR) is 138 cm³/mol. The Bertz CT molecular complexity index is 1390. The summed E-state index contributed by atoms with van der Waals surface area (Å²) in [5.74, 6) is -0.661. The number of amides is 1. The van der Waals surface area contributed by atoms with Crippen molar-refractivity contribution in [2.24, 2.45) is 0 Å². The van der Waals surface area contributed by atoms with Crippen LogP contribution >= 0.6 is 0 Å². The lowest BCUT2D eigenvalue weighted by Crippen LogP contribution is -2.45. The Labute approximate surface area is 210 Å². The van der Waals surface area contributed by atoms with Crippen LogP contribution in [-0.2, 0) is 16.4 Å². The average molecular weight is 517 g/mol. The fourth-order valence-corrected chi connectivity index (χ4v) is 5.32. The van der Waals surface area contributed by atoms with Crippen LogP contribution in [0.15, 0.2) is 56.6 Å². The second kappa shape index (κ2) is 10.9. The molecule has 0 radical (unpaired) electrons. The second-order valence-electron chi connectivity index (χ2n) is 9.09. The van der Waals surface area contributed by atoms with Crippen LogP contribution in [-0.4, -0.2) is 86.1 Å². The minimum absolute atomic E-state index is 0.0531.